The van der Waals surface area contributed by atoms with E-state index in [0.29, 0.717) is 12.2 Å². The molecular weight excluding hydrogens is 364 g/mol. The van der Waals surface area contributed by atoms with Gasteiger partial charge in [0.15, 0.2) is 0 Å². The molecule has 0 atom stereocenters. The number of carbonyl (C=O) groups excluding carboxylic acids is 2. The highest BCUT2D eigenvalue weighted by molar-refractivity contribution is 6.06. The Bertz CT molecular complexity index is 1050. The van der Waals surface area contributed by atoms with Gasteiger partial charge in [0, 0.05) is 42.4 Å². The molecule has 2 amide bonds. The van der Waals surface area contributed by atoms with Gasteiger partial charge in [0.2, 0.25) is 5.91 Å². The van der Waals surface area contributed by atoms with Crippen molar-refractivity contribution in [1.29, 1.82) is 0 Å². The lowest BCUT2D eigenvalue weighted by atomic mass is 10.0. The first-order valence-electron chi connectivity index (χ1n) is 9.61. The van der Waals surface area contributed by atoms with Crippen LogP contribution in [0.2, 0.25) is 0 Å². The van der Waals surface area contributed by atoms with Crippen molar-refractivity contribution in [2.24, 2.45) is 0 Å². The van der Waals surface area contributed by atoms with E-state index in [9.17, 15) is 9.59 Å². The fraction of sp³-hybridized carbons (Fsp3) is 0.174. The third-order valence-electron chi connectivity index (χ3n) is 4.83. The van der Waals surface area contributed by atoms with E-state index in [2.05, 4.69) is 21.7 Å². The summed E-state index contributed by atoms with van der Waals surface area (Å²) in [6.07, 6.45) is 3.57. The summed E-state index contributed by atoms with van der Waals surface area (Å²) in [4.78, 5) is 30.3. The zero-order valence-corrected chi connectivity index (χ0v) is 16.2. The Hall–Kier alpha value is -3.67. The van der Waals surface area contributed by atoms with E-state index in [1.54, 1.807) is 12.3 Å². The lowest BCUT2D eigenvalue weighted by Crippen LogP contribution is -2.35. The number of nitrogens with zero attached hydrogens (tertiary/aromatic N) is 2. The Morgan fingerprint density at radius 3 is 2.52 bits per heavy atom. The van der Waals surface area contributed by atoms with Gasteiger partial charge in [0.1, 0.15) is 5.69 Å². The predicted octanol–water partition coefficient (Wildman–Crippen LogP) is 4.38. The molecule has 2 aromatic carbocycles. The third kappa shape index (κ3) is 4.27. The lowest BCUT2D eigenvalue weighted by Gasteiger charge is -2.29. The summed E-state index contributed by atoms with van der Waals surface area (Å²) in [5.41, 5.74) is 4.94. The zero-order valence-electron chi connectivity index (χ0n) is 16.2. The standard InChI is InChI=1S/C23H22N4O2/c1-16(28)25-18-8-10-19(11-9-18)26-20-12-13-24-21(15-20)23(29)27-14-4-6-17-5-2-3-7-22(17)27/h2-3,5,7-13,15H,4,6,14H2,1H3,(H,24,26)(H,25,28). The van der Waals surface area contributed by atoms with E-state index in [4.69, 9.17) is 0 Å². The van der Waals surface area contributed by atoms with Gasteiger partial charge >= 0.3 is 0 Å². The molecule has 1 aliphatic rings. The fourth-order valence-corrected chi connectivity index (χ4v) is 3.51. The summed E-state index contributed by atoms with van der Waals surface area (Å²) >= 11 is 0. The molecule has 0 spiro atoms. The molecule has 6 nitrogen and oxygen atoms in total. The highest BCUT2D eigenvalue weighted by atomic mass is 16.2. The number of aryl methyl sites for hydroxylation is 1. The zero-order chi connectivity index (χ0) is 20.2. The van der Waals surface area contributed by atoms with Crippen molar-refractivity contribution >= 4 is 34.6 Å². The number of anilines is 4. The lowest BCUT2D eigenvalue weighted by molar-refractivity contribution is -0.114. The van der Waals surface area contributed by atoms with Gasteiger partial charge in [-0.3, -0.25) is 14.6 Å². The van der Waals surface area contributed by atoms with Crippen LogP contribution in [-0.4, -0.2) is 23.3 Å². The molecule has 0 unspecified atom stereocenters. The fourth-order valence-electron chi connectivity index (χ4n) is 3.51. The van der Waals surface area contributed by atoms with Gasteiger partial charge in [0.05, 0.1) is 0 Å². The molecule has 29 heavy (non-hydrogen) atoms. The predicted molar refractivity (Wildman–Crippen MR) is 115 cm³/mol. The maximum atomic E-state index is 13.1. The van der Waals surface area contributed by atoms with Crippen molar-refractivity contribution in [3.8, 4) is 0 Å². The van der Waals surface area contributed by atoms with Gasteiger partial charge in [-0.1, -0.05) is 18.2 Å². The first kappa shape index (κ1) is 18.7. The van der Waals surface area contributed by atoms with E-state index >= 15 is 0 Å². The Labute approximate surface area is 169 Å². The number of hydrogen-bond donors (Lipinski definition) is 2. The number of aromatic nitrogens is 1. The summed E-state index contributed by atoms with van der Waals surface area (Å²) < 4.78 is 0. The summed E-state index contributed by atoms with van der Waals surface area (Å²) in [5, 5.41) is 6.02. The van der Waals surface area contributed by atoms with Crippen molar-refractivity contribution in [1.82, 2.24) is 4.98 Å². The van der Waals surface area contributed by atoms with Crippen LogP contribution >= 0.6 is 0 Å². The van der Waals surface area contributed by atoms with Crippen LogP contribution in [0.4, 0.5) is 22.7 Å². The number of hydrogen-bond acceptors (Lipinski definition) is 4. The first-order valence-corrected chi connectivity index (χ1v) is 9.61. The molecule has 0 saturated heterocycles. The minimum absolute atomic E-state index is 0.0955. The smallest absolute Gasteiger partial charge is 0.276 e. The Kier molecular flexibility index (Phi) is 5.24. The average molecular weight is 386 g/mol. The number of amides is 2. The molecule has 6 heteroatoms. The van der Waals surface area contributed by atoms with Gasteiger partial charge in [-0.25, -0.2) is 0 Å². The molecule has 1 aliphatic heterocycles. The monoisotopic (exact) mass is 386 g/mol. The molecule has 1 aromatic heterocycles. The van der Waals surface area contributed by atoms with Crippen LogP contribution < -0.4 is 15.5 Å². The summed E-state index contributed by atoms with van der Waals surface area (Å²) in [5.74, 6) is -0.205. The molecule has 2 heterocycles. The van der Waals surface area contributed by atoms with Gasteiger partial charge in [-0.2, -0.15) is 0 Å². The Morgan fingerprint density at radius 1 is 0.966 bits per heavy atom. The van der Waals surface area contributed by atoms with Crippen molar-refractivity contribution in [3.05, 3.63) is 78.1 Å². The summed E-state index contributed by atoms with van der Waals surface area (Å²) in [6.45, 7) is 2.17. The number of nitrogens with one attached hydrogen (secondary N) is 2. The average Bonchev–Trinajstić information content (AvgIpc) is 2.74. The molecule has 0 fully saturated rings. The maximum absolute atomic E-state index is 13.1. The topological polar surface area (TPSA) is 74.3 Å². The minimum atomic E-state index is -0.109. The van der Waals surface area contributed by atoms with Gasteiger partial charge in [-0.05, 0) is 60.9 Å². The highest BCUT2D eigenvalue weighted by Gasteiger charge is 2.24. The maximum Gasteiger partial charge on any atom is 0.276 e. The molecule has 3 aromatic rings. The van der Waals surface area contributed by atoms with Gasteiger partial charge < -0.3 is 15.5 Å². The van der Waals surface area contributed by atoms with Crippen molar-refractivity contribution < 1.29 is 9.59 Å². The molecule has 0 radical (unpaired) electrons. The number of carbonyl (C=O) groups is 2. The van der Waals surface area contributed by atoms with E-state index in [1.165, 1.54) is 12.5 Å². The van der Waals surface area contributed by atoms with E-state index in [-0.39, 0.29) is 11.8 Å². The molecular formula is C23H22N4O2. The number of fused-ring (bicyclic) bond motifs is 1. The van der Waals surface area contributed by atoms with Crippen LogP contribution in [-0.2, 0) is 11.2 Å². The molecule has 0 bridgehead atoms. The van der Waals surface area contributed by atoms with E-state index in [1.807, 2.05) is 53.4 Å². The third-order valence-corrected chi connectivity index (χ3v) is 4.83. The minimum Gasteiger partial charge on any atom is -0.355 e. The highest BCUT2D eigenvalue weighted by Crippen LogP contribution is 2.28. The van der Waals surface area contributed by atoms with Gasteiger partial charge in [0.25, 0.3) is 5.91 Å². The SMILES string of the molecule is CC(=O)Nc1ccc(Nc2ccnc(C(=O)N3CCCc4ccccc43)c2)cc1. The molecule has 4 rings (SSSR count). The molecule has 0 aliphatic carbocycles. The van der Waals surface area contributed by atoms with Crippen molar-refractivity contribution in [3.63, 3.8) is 0 Å². The van der Waals surface area contributed by atoms with E-state index < -0.39 is 0 Å². The van der Waals surface area contributed by atoms with Crippen LogP contribution in [0, 0.1) is 0 Å². The normalized spacial score (nSPS) is 12.8. The molecule has 146 valence electrons. The van der Waals surface area contributed by atoms with Crippen LogP contribution in [0.5, 0.6) is 0 Å². The number of benzene rings is 2. The van der Waals surface area contributed by atoms with E-state index in [0.717, 1.165) is 35.6 Å². The second-order valence-electron chi connectivity index (χ2n) is 7.00. The molecule has 2 N–H and O–H groups in total. The van der Waals surface area contributed by atoms with Crippen molar-refractivity contribution in [2.45, 2.75) is 19.8 Å². The number of pyridine rings is 1. The van der Waals surface area contributed by atoms with Crippen LogP contribution in [0.3, 0.4) is 0 Å². The van der Waals surface area contributed by atoms with Crippen LogP contribution in [0.25, 0.3) is 0 Å². The molecule has 0 saturated carbocycles. The summed E-state index contributed by atoms with van der Waals surface area (Å²) in [7, 11) is 0. The van der Waals surface area contributed by atoms with Crippen molar-refractivity contribution in [2.75, 3.05) is 22.1 Å². The quantitative estimate of drug-likeness (QED) is 0.698. The second kappa shape index (κ2) is 8.14. The summed E-state index contributed by atoms with van der Waals surface area (Å²) in [6, 6.07) is 19.0. The van der Waals surface area contributed by atoms with Crippen LogP contribution in [0.1, 0.15) is 29.4 Å². The number of para-hydroxylation sites is 1. The first-order chi connectivity index (χ1) is 14.1. The second-order valence-corrected chi connectivity index (χ2v) is 7.00. The van der Waals surface area contributed by atoms with Crippen LogP contribution in [0.15, 0.2) is 66.9 Å². The van der Waals surface area contributed by atoms with Gasteiger partial charge in [-0.15, -0.1) is 0 Å². The Morgan fingerprint density at radius 2 is 1.72 bits per heavy atom. The Balaban J connectivity index is 1.52. The number of rotatable bonds is 4. The largest absolute Gasteiger partial charge is 0.355 e.